The van der Waals surface area contributed by atoms with Crippen molar-refractivity contribution in [3.05, 3.63) is 64.7 Å². The van der Waals surface area contributed by atoms with Gasteiger partial charge in [-0.15, -0.1) is 11.3 Å². The average molecular weight is 455 g/mol. The Morgan fingerprint density at radius 3 is 2.09 bits per heavy atom. The minimum Gasteiger partial charge on any atom is -0.494 e. The zero-order chi connectivity index (χ0) is 23.1. The maximum Gasteiger partial charge on any atom is 0.338 e. The standard InChI is InChI=1S/C23H21NO7S/c1-4-30-18-7-5-14(6-8-18)21-24-17(13-32-21)12-20(25)31-19-10-15(22(26)28-2)9-16(11-19)23(27)29-3/h5-11,13H,4,12H2,1-3H3. The summed E-state index contributed by atoms with van der Waals surface area (Å²) >= 11 is 1.41. The summed E-state index contributed by atoms with van der Waals surface area (Å²) in [5, 5.41) is 2.54. The summed E-state index contributed by atoms with van der Waals surface area (Å²) in [5.41, 5.74) is 1.57. The number of benzene rings is 2. The molecule has 1 heterocycles. The predicted molar refractivity (Wildman–Crippen MR) is 117 cm³/mol. The van der Waals surface area contributed by atoms with Crippen molar-refractivity contribution in [1.82, 2.24) is 4.98 Å². The highest BCUT2D eigenvalue weighted by molar-refractivity contribution is 7.13. The molecule has 0 N–H and O–H groups in total. The molecule has 0 amide bonds. The fourth-order valence-corrected chi connectivity index (χ4v) is 3.65. The van der Waals surface area contributed by atoms with E-state index < -0.39 is 17.9 Å². The van der Waals surface area contributed by atoms with Crippen molar-refractivity contribution in [2.45, 2.75) is 13.3 Å². The number of nitrogens with zero attached hydrogens (tertiary/aromatic N) is 1. The van der Waals surface area contributed by atoms with Crippen LogP contribution in [0, 0.1) is 0 Å². The maximum atomic E-state index is 12.4. The van der Waals surface area contributed by atoms with Crippen LogP contribution in [0.1, 0.15) is 33.3 Å². The van der Waals surface area contributed by atoms with Crippen LogP contribution in [0.2, 0.25) is 0 Å². The first kappa shape index (κ1) is 23.0. The average Bonchev–Trinajstić information content (AvgIpc) is 3.26. The number of hydrogen-bond acceptors (Lipinski definition) is 9. The highest BCUT2D eigenvalue weighted by Gasteiger charge is 2.17. The molecular weight excluding hydrogens is 434 g/mol. The van der Waals surface area contributed by atoms with E-state index in [4.69, 9.17) is 9.47 Å². The minimum absolute atomic E-state index is 0.0280. The number of ether oxygens (including phenoxy) is 4. The van der Waals surface area contributed by atoms with Crippen LogP contribution in [0.4, 0.5) is 0 Å². The number of carbonyl (C=O) groups is 3. The lowest BCUT2D eigenvalue weighted by molar-refractivity contribution is -0.133. The summed E-state index contributed by atoms with van der Waals surface area (Å²) in [5.74, 6) is -1.14. The van der Waals surface area contributed by atoms with Crippen LogP contribution in [-0.2, 0) is 20.7 Å². The molecule has 0 atom stereocenters. The van der Waals surface area contributed by atoms with Crippen molar-refractivity contribution in [1.29, 1.82) is 0 Å². The lowest BCUT2D eigenvalue weighted by Crippen LogP contribution is -2.13. The van der Waals surface area contributed by atoms with Crippen molar-refractivity contribution in [2.75, 3.05) is 20.8 Å². The summed E-state index contributed by atoms with van der Waals surface area (Å²) in [6.07, 6.45) is -0.0798. The molecule has 0 saturated heterocycles. The van der Waals surface area contributed by atoms with E-state index in [9.17, 15) is 14.4 Å². The van der Waals surface area contributed by atoms with E-state index >= 15 is 0 Å². The van der Waals surface area contributed by atoms with Gasteiger partial charge in [-0.1, -0.05) is 0 Å². The maximum absolute atomic E-state index is 12.4. The Kier molecular flexibility index (Phi) is 7.56. The van der Waals surface area contributed by atoms with Gasteiger partial charge in [0.15, 0.2) is 0 Å². The fourth-order valence-electron chi connectivity index (χ4n) is 2.83. The van der Waals surface area contributed by atoms with Gasteiger partial charge >= 0.3 is 17.9 Å². The molecule has 0 aliphatic carbocycles. The molecule has 0 unspecified atom stereocenters. The van der Waals surface area contributed by atoms with Gasteiger partial charge in [-0.25, -0.2) is 14.6 Å². The van der Waals surface area contributed by atoms with E-state index in [1.165, 1.54) is 43.8 Å². The van der Waals surface area contributed by atoms with Gasteiger partial charge in [-0.3, -0.25) is 4.79 Å². The van der Waals surface area contributed by atoms with Crippen molar-refractivity contribution in [3.63, 3.8) is 0 Å². The van der Waals surface area contributed by atoms with Crippen LogP contribution in [0.3, 0.4) is 0 Å². The molecule has 32 heavy (non-hydrogen) atoms. The lowest BCUT2D eigenvalue weighted by Gasteiger charge is -2.08. The van der Waals surface area contributed by atoms with Crippen LogP contribution < -0.4 is 9.47 Å². The summed E-state index contributed by atoms with van der Waals surface area (Å²) in [7, 11) is 2.42. The van der Waals surface area contributed by atoms with E-state index in [1.807, 2.05) is 31.2 Å². The Labute approximate surface area is 188 Å². The summed E-state index contributed by atoms with van der Waals surface area (Å²) in [6.45, 7) is 2.51. The molecule has 3 aromatic rings. The van der Waals surface area contributed by atoms with E-state index in [0.29, 0.717) is 12.3 Å². The molecule has 166 valence electrons. The Morgan fingerprint density at radius 1 is 0.906 bits per heavy atom. The second kappa shape index (κ2) is 10.5. The molecule has 0 radical (unpaired) electrons. The summed E-state index contributed by atoms with van der Waals surface area (Å²) in [4.78, 5) is 40.7. The molecule has 2 aromatic carbocycles. The number of aromatic nitrogens is 1. The summed E-state index contributed by atoms with van der Waals surface area (Å²) < 4.78 is 20.1. The van der Waals surface area contributed by atoms with Gasteiger partial charge < -0.3 is 18.9 Å². The highest BCUT2D eigenvalue weighted by atomic mass is 32.1. The van der Waals surface area contributed by atoms with Gasteiger partial charge in [-0.05, 0) is 49.4 Å². The van der Waals surface area contributed by atoms with Crippen LogP contribution in [0.25, 0.3) is 10.6 Å². The van der Waals surface area contributed by atoms with Gasteiger partial charge in [-0.2, -0.15) is 0 Å². The number of methoxy groups -OCH3 is 2. The molecular formula is C23H21NO7S. The largest absolute Gasteiger partial charge is 0.494 e. The minimum atomic E-state index is -0.674. The van der Waals surface area contributed by atoms with Crippen molar-refractivity contribution in [3.8, 4) is 22.1 Å². The third-order valence-electron chi connectivity index (χ3n) is 4.27. The molecule has 9 heteroatoms. The van der Waals surface area contributed by atoms with Crippen LogP contribution in [-0.4, -0.2) is 43.7 Å². The second-order valence-electron chi connectivity index (χ2n) is 6.48. The first-order chi connectivity index (χ1) is 15.4. The number of esters is 3. The van der Waals surface area contributed by atoms with E-state index in [-0.39, 0.29) is 23.3 Å². The van der Waals surface area contributed by atoms with E-state index in [0.717, 1.165) is 16.3 Å². The highest BCUT2D eigenvalue weighted by Crippen LogP contribution is 2.26. The van der Waals surface area contributed by atoms with Gasteiger partial charge in [0.1, 0.15) is 16.5 Å². The molecule has 1 aromatic heterocycles. The third kappa shape index (κ3) is 5.70. The molecule has 0 aliphatic heterocycles. The van der Waals surface area contributed by atoms with Gasteiger partial charge in [0.25, 0.3) is 0 Å². The van der Waals surface area contributed by atoms with Crippen LogP contribution in [0.5, 0.6) is 11.5 Å². The Hall–Kier alpha value is -3.72. The van der Waals surface area contributed by atoms with Crippen molar-refractivity contribution in [2.24, 2.45) is 0 Å². The first-order valence-electron chi connectivity index (χ1n) is 9.63. The topological polar surface area (TPSA) is 101 Å². The third-order valence-corrected chi connectivity index (χ3v) is 5.21. The first-order valence-corrected chi connectivity index (χ1v) is 10.5. The van der Waals surface area contributed by atoms with E-state index in [2.05, 4.69) is 14.5 Å². The van der Waals surface area contributed by atoms with Gasteiger partial charge in [0.05, 0.1) is 44.1 Å². The number of carbonyl (C=O) groups excluding carboxylic acids is 3. The SMILES string of the molecule is CCOc1ccc(-c2nc(CC(=O)Oc3cc(C(=O)OC)cc(C(=O)OC)c3)cs2)cc1. The molecule has 8 nitrogen and oxygen atoms in total. The van der Waals surface area contributed by atoms with Gasteiger partial charge in [0.2, 0.25) is 0 Å². The molecule has 0 aliphatic rings. The molecule has 3 rings (SSSR count). The second-order valence-corrected chi connectivity index (χ2v) is 7.34. The monoisotopic (exact) mass is 455 g/mol. The molecule has 0 spiro atoms. The quantitative estimate of drug-likeness (QED) is 0.372. The van der Waals surface area contributed by atoms with E-state index in [1.54, 1.807) is 5.38 Å². The fraction of sp³-hybridized carbons (Fsp3) is 0.217. The Morgan fingerprint density at radius 2 is 1.53 bits per heavy atom. The normalized spacial score (nSPS) is 10.3. The van der Waals surface area contributed by atoms with Crippen LogP contribution in [0.15, 0.2) is 47.8 Å². The number of thiazole rings is 1. The Bertz CT molecular complexity index is 1090. The summed E-state index contributed by atoms with van der Waals surface area (Å²) in [6, 6.07) is 11.5. The van der Waals surface area contributed by atoms with Crippen molar-refractivity contribution >= 4 is 29.2 Å². The lowest BCUT2D eigenvalue weighted by atomic mass is 10.1. The predicted octanol–water partition coefficient (Wildman–Crippen LogP) is 3.93. The van der Waals surface area contributed by atoms with Crippen molar-refractivity contribution < 1.29 is 33.3 Å². The van der Waals surface area contributed by atoms with Crippen LogP contribution >= 0.6 is 11.3 Å². The number of rotatable bonds is 8. The molecule has 0 saturated carbocycles. The zero-order valence-corrected chi connectivity index (χ0v) is 18.6. The van der Waals surface area contributed by atoms with Gasteiger partial charge in [0, 0.05) is 10.9 Å². The zero-order valence-electron chi connectivity index (χ0n) is 17.7. The number of hydrogen-bond donors (Lipinski definition) is 0. The molecule has 0 fully saturated rings. The smallest absolute Gasteiger partial charge is 0.338 e. The molecule has 0 bridgehead atoms. The Balaban J connectivity index is 1.72.